The summed E-state index contributed by atoms with van der Waals surface area (Å²) in [5.41, 5.74) is 0.505. The molecule has 0 bridgehead atoms. The van der Waals surface area contributed by atoms with Gasteiger partial charge in [-0.05, 0) is 26.0 Å². The van der Waals surface area contributed by atoms with Crippen LogP contribution in [0.5, 0.6) is 5.75 Å². The van der Waals surface area contributed by atoms with Crippen LogP contribution in [0.2, 0.25) is 0 Å². The van der Waals surface area contributed by atoms with Crippen LogP contribution in [-0.2, 0) is 4.79 Å². The molecule has 0 aromatic heterocycles. The highest BCUT2D eigenvalue weighted by Crippen LogP contribution is 2.26. The number of carbonyl (C=O) groups is 2. The van der Waals surface area contributed by atoms with E-state index in [2.05, 4.69) is 22.2 Å². The highest BCUT2D eigenvalue weighted by molar-refractivity contribution is 5.79. The van der Waals surface area contributed by atoms with E-state index in [4.69, 9.17) is 15.1 Å². The van der Waals surface area contributed by atoms with Crippen LogP contribution in [0.3, 0.4) is 0 Å². The van der Waals surface area contributed by atoms with Gasteiger partial charge in [-0.2, -0.15) is 5.26 Å². The average Bonchev–Trinajstić information content (AvgIpc) is 2.78. The highest BCUT2D eigenvalue weighted by atomic mass is 16.5. The van der Waals surface area contributed by atoms with E-state index in [1.807, 2.05) is 6.07 Å². The molecule has 0 radical (unpaired) electrons. The van der Waals surface area contributed by atoms with Gasteiger partial charge >= 0.3 is 6.09 Å². The molecule has 8 heteroatoms. The van der Waals surface area contributed by atoms with Gasteiger partial charge in [-0.3, -0.25) is 4.79 Å². The van der Waals surface area contributed by atoms with E-state index in [1.54, 1.807) is 24.3 Å². The number of ether oxygens (including phenoxy) is 1. The van der Waals surface area contributed by atoms with E-state index < -0.39 is 12.1 Å². The van der Waals surface area contributed by atoms with Gasteiger partial charge in [-0.25, -0.2) is 4.79 Å². The molecule has 1 aromatic carbocycles. The van der Waals surface area contributed by atoms with Gasteiger partial charge in [0, 0.05) is 37.7 Å². The molecule has 1 unspecified atom stereocenters. The van der Waals surface area contributed by atoms with Crippen LogP contribution in [0.25, 0.3) is 0 Å². The van der Waals surface area contributed by atoms with E-state index >= 15 is 0 Å². The van der Waals surface area contributed by atoms with Gasteiger partial charge in [0.2, 0.25) is 5.91 Å². The lowest BCUT2D eigenvalue weighted by Gasteiger charge is -2.35. The van der Waals surface area contributed by atoms with Gasteiger partial charge in [0.05, 0.1) is 13.2 Å². The normalized spacial score (nSPS) is 18.4. The van der Waals surface area contributed by atoms with Gasteiger partial charge < -0.3 is 25.0 Å². The average molecular weight is 417 g/mol. The molecule has 1 aliphatic heterocycles. The van der Waals surface area contributed by atoms with Crippen LogP contribution in [0.4, 0.5) is 4.79 Å². The van der Waals surface area contributed by atoms with E-state index in [0.29, 0.717) is 23.1 Å². The first-order chi connectivity index (χ1) is 14.5. The number of methoxy groups -OCH3 is 1. The van der Waals surface area contributed by atoms with E-state index in [0.717, 1.165) is 39.0 Å². The second kappa shape index (κ2) is 12.0. The van der Waals surface area contributed by atoms with Crippen LogP contribution in [0.15, 0.2) is 24.3 Å². The first kappa shape index (κ1) is 23.5. The molecular weight excluding hydrogens is 384 g/mol. The summed E-state index contributed by atoms with van der Waals surface area (Å²) in [6, 6.07) is 7.71. The number of para-hydroxylation sites is 1. The molecule has 1 aromatic rings. The zero-order chi connectivity index (χ0) is 21.9. The Morgan fingerprint density at radius 3 is 2.37 bits per heavy atom. The lowest BCUT2D eigenvalue weighted by Crippen LogP contribution is -2.49. The fraction of sp³-hybridized carbons (Fsp3) is 0.591. The number of hydrogen-bond donors (Lipinski definition) is 2. The number of piperazine rings is 1. The number of rotatable bonds is 4. The van der Waals surface area contributed by atoms with Crippen molar-refractivity contribution in [2.75, 3.05) is 40.3 Å². The molecule has 0 spiro atoms. The third-order valence-electron chi connectivity index (χ3n) is 5.62. The summed E-state index contributed by atoms with van der Waals surface area (Å²) >= 11 is 0. The quantitative estimate of drug-likeness (QED) is 0.782. The van der Waals surface area contributed by atoms with Crippen molar-refractivity contribution in [2.24, 2.45) is 5.92 Å². The minimum absolute atomic E-state index is 0.349. The van der Waals surface area contributed by atoms with Crippen LogP contribution in [0.1, 0.15) is 43.7 Å². The Balaban J connectivity index is 0.000000214. The lowest BCUT2D eigenvalue weighted by atomic mass is 9.88. The van der Waals surface area contributed by atoms with Crippen LogP contribution in [-0.4, -0.2) is 67.2 Å². The SMILES string of the molecule is CN1CCN(C(=O)C2CCCCC2)CC1.COc1ccccc1C(C#N)NC(=O)O. The maximum Gasteiger partial charge on any atom is 0.405 e. The van der Waals surface area contributed by atoms with Crippen molar-refractivity contribution in [1.29, 1.82) is 5.26 Å². The number of carbonyl (C=O) groups excluding carboxylic acids is 1. The van der Waals surface area contributed by atoms with Crippen molar-refractivity contribution >= 4 is 12.0 Å². The summed E-state index contributed by atoms with van der Waals surface area (Å²) in [7, 11) is 3.59. The van der Waals surface area contributed by atoms with Crippen LogP contribution in [0, 0.1) is 17.2 Å². The zero-order valence-electron chi connectivity index (χ0n) is 17.8. The molecule has 2 fully saturated rings. The first-order valence-electron chi connectivity index (χ1n) is 10.5. The van der Waals surface area contributed by atoms with Crippen molar-refractivity contribution < 1.29 is 19.4 Å². The molecule has 30 heavy (non-hydrogen) atoms. The van der Waals surface area contributed by atoms with Crippen molar-refractivity contribution in [1.82, 2.24) is 15.1 Å². The molecule has 8 nitrogen and oxygen atoms in total. The second-order valence-corrected chi connectivity index (χ2v) is 7.72. The summed E-state index contributed by atoms with van der Waals surface area (Å²) in [5.74, 6) is 1.27. The predicted molar refractivity (Wildman–Crippen MR) is 113 cm³/mol. The molecule has 1 saturated heterocycles. The number of nitrogens with zero attached hydrogens (tertiary/aromatic N) is 3. The Hall–Kier alpha value is -2.79. The molecule has 1 heterocycles. The number of amides is 2. The van der Waals surface area contributed by atoms with Gasteiger partial charge in [-0.1, -0.05) is 37.5 Å². The van der Waals surface area contributed by atoms with E-state index in [1.165, 1.54) is 26.4 Å². The van der Waals surface area contributed by atoms with Crippen molar-refractivity contribution in [3.05, 3.63) is 29.8 Å². The Morgan fingerprint density at radius 1 is 1.17 bits per heavy atom. The fourth-order valence-electron chi connectivity index (χ4n) is 3.84. The van der Waals surface area contributed by atoms with Gasteiger partial charge in [0.15, 0.2) is 0 Å². The monoisotopic (exact) mass is 416 g/mol. The number of likely N-dealkylation sites (N-methyl/N-ethyl adjacent to an activating group) is 1. The molecule has 1 atom stereocenters. The first-order valence-corrected chi connectivity index (χ1v) is 10.5. The number of nitriles is 1. The summed E-state index contributed by atoms with van der Waals surface area (Å²) in [4.78, 5) is 27.0. The number of nitrogens with one attached hydrogen (secondary N) is 1. The topological polar surface area (TPSA) is 106 Å². The maximum atomic E-state index is 12.2. The van der Waals surface area contributed by atoms with Crippen LogP contribution >= 0.6 is 0 Å². The molecule has 3 rings (SSSR count). The minimum Gasteiger partial charge on any atom is -0.496 e. The third kappa shape index (κ3) is 6.92. The Morgan fingerprint density at radius 2 is 1.80 bits per heavy atom. The van der Waals surface area contributed by atoms with Gasteiger partial charge in [-0.15, -0.1) is 0 Å². The summed E-state index contributed by atoms with van der Waals surface area (Å²) < 4.78 is 5.03. The van der Waals surface area contributed by atoms with Crippen molar-refractivity contribution in [3.8, 4) is 11.8 Å². The Bertz CT molecular complexity index is 735. The number of hydrogen-bond acceptors (Lipinski definition) is 5. The second-order valence-electron chi connectivity index (χ2n) is 7.72. The van der Waals surface area contributed by atoms with Gasteiger partial charge in [0.1, 0.15) is 11.8 Å². The highest BCUT2D eigenvalue weighted by Gasteiger charge is 2.27. The lowest BCUT2D eigenvalue weighted by molar-refractivity contribution is -0.138. The van der Waals surface area contributed by atoms with E-state index in [-0.39, 0.29) is 0 Å². The number of benzene rings is 1. The molecule has 1 aliphatic carbocycles. The third-order valence-corrected chi connectivity index (χ3v) is 5.62. The smallest absolute Gasteiger partial charge is 0.405 e. The fourth-order valence-corrected chi connectivity index (χ4v) is 3.84. The largest absolute Gasteiger partial charge is 0.496 e. The minimum atomic E-state index is -1.24. The Kier molecular flexibility index (Phi) is 9.42. The summed E-state index contributed by atoms with van der Waals surface area (Å²) in [6.45, 7) is 3.95. The zero-order valence-corrected chi connectivity index (χ0v) is 17.8. The van der Waals surface area contributed by atoms with Crippen LogP contribution < -0.4 is 10.1 Å². The van der Waals surface area contributed by atoms with Gasteiger partial charge in [0.25, 0.3) is 0 Å². The molecular formula is C22H32N4O4. The molecule has 164 valence electrons. The predicted octanol–water partition coefficient (Wildman–Crippen LogP) is 2.87. The van der Waals surface area contributed by atoms with E-state index in [9.17, 15) is 9.59 Å². The Labute approximate surface area is 178 Å². The summed E-state index contributed by atoms with van der Waals surface area (Å²) in [5, 5.41) is 19.4. The molecule has 2 N–H and O–H groups in total. The molecule has 2 amide bonds. The molecule has 1 saturated carbocycles. The number of carboxylic acid groups (broad SMARTS) is 1. The van der Waals surface area contributed by atoms with Crippen molar-refractivity contribution in [3.63, 3.8) is 0 Å². The standard InChI is InChI=1S/C12H22N2O.C10H10N2O3/c1-13-7-9-14(10-8-13)12(15)11-5-3-2-4-6-11;1-15-9-5-3-2-4-7(9)8(6-11)12-10(13)14/h11H,2-10H2,1H3;2-5,8,12H,1H3,(H,13,14). The molecule has 2 aliphatic rings. The maximum absolute atomic E-state index is 12.2. The van der Waals surface area contributed by atoms with Crippen molar-refractivity contribution in [2.45, 2.75) is 38.1 Å². The summed E-state index contributed by atoms with van der Waals surface area (Å²) in [6.07, 6.45) is 4.85.